The van der Waals surface area contributed by atoms with Crippen molar-refractivity contribution >= 4 is 12.1 Å². The van der Waals surface area contributed by atoms with E-state index in [4.69, 9.17) is 14.2 Å². The van der Waals surface area contributed by atoms with E-state index >= 15 is 0 Å². The number of carbonyl (C=O) groups is 2. The van der Waals surface area contributed by atoms with Gasteiger partial charge in [0.2, 0.25) is 0 Å². The normalized spacial score (nSPS) is 13.1. The summed E-state index contributed by atoms with van der Waals surface area (Å²) in [4.78, 5) is 24.5. The first kappa shape index (κ1) is 25.2. The van der Waals surface area contributed by atoms with Crippen molar-refractivity contribution in [1.82, 2.24) is 5.32 Å². The Hall–Kier alpha value is -3.02. The van der Waals surface area contributed by atoms with Gasteiger partial charge >= 0.3 is 12.1 Å². The summed E-state index contributed by atoms with van der Waals surface area (Å²) in [5, 5.41) is 2.93. The van der Waals surface area contributed by atoms with Crippen LogP contribution in [-0.2, 0) is 20.7 Å². The molecule has 0 saturated heterocycles. The zero-order valence-electron chi connectivity index (χ0n) is 19.9. The highest BCUT2D eigenvalue weighted by Crippen LogP contribution is 2.29. The Morgan fingerprint density at radius 1 is 1.03 bits per heavy atom. The van der Waals surface area contributed by atoms with E-state index in [1.54, 1.807) is 14.0 Å². The molecule has 0 radical (unpaired) electrons. The fraction of sp³-hybridized carbons (Fsp3) is 0.462. The minimum atomic E-state index is -0.599. The van der Waals surface area contributed by atoms with Crippen LogP contribution in [0.1, 0.15) is 46.6 Å². The molecule has 0 heterocycles. The topological polar surface area (TPSA) is 73.9 Å². The molecule has 6 heteroatoms. The summed E-state index contributed by atoms with van der Waals surface area (Å²) in [7, 11) is 1.66. The van der Waals surface area contributed by atoms with E-state index in [2.05, 4.69) is 5.32 Å². The van der Waals surface area contributed by atoms with Crippen LogP contribution in [0.3, 0.4) is 0 Å². The number of benzene rings is 2. The number of ether oxygens (including phenoxy) is 3. The molecule has 32 heavy (non-hydrogen) atoms. The minimum Gasteiger partial charge on any atom is -0.496 e. The standard InChI is InChI=1S/C26H35NO5/c1-7-31-24(28)18(2)16-21(27-25(29)32-26(3,4)5)17-19-12-14-20(15-13-19)22-10-8-9-11-23(22)30-6/h8-15,18,21H,7,16-17H2,1-6H3,(H,27,29). The smallest absolute Gasteiger partial charge is 0.407 e. The predicted molar refractivity (Wildman–Crippen MR) is 126 cm³/mol. The van der Waals surface area contributed by atoms with E-state index in [1.165, 1.54) is 0 Å². The van der Waals surface area contributed by atoms with Gasteiger partial charge in [0.1, 0.15) is 11.4 Å². The van der Waals surface area contributed by atoms with Gasteiger partial charge in [-0.25, -0.2) is 4.79 Å². The van der Waals surface area contributed by atoms with Gasteiger partial charge in [-0.2, -0.15) is 0 Å². The Morgan fingerprint density at radius 2 is 1.69 bits per heavy atom. The molecule has 1 amide bonds. The molecule has 2 aromatic carbocycles. The molecule has 0 spiro atoms. The van der Waals surface area contributed by atoms with Crippen LogP contribution < -0.4 is 10.1 Å². The minimum absolute atomic E-state index is 0.269. The van der Waals surface area contributed by atoms with Crippen LogP contribution in [0.15, 0.2) is 48.5 Å². The number of carbonyl (C=O) groups excluding carboxylic acids is 2. The lowest BCUT2D eigenvalue weighted by molar-refractivity contribution is -0.147. The number of esters is 1. The van der Waals surface area contributed by atoms with Gasteiger partial charge in [0.25, 0.3) is 0 Å². The number of methoxy groups -OCH3 is 1. The van der Waals surface area contributed by atoms with E-state index in [1.807, 2.05) is 76.2 Å². The molecule has 2 atom stereocenters. The van der Waals surface area contributed by atoms with E-state index < -0.39 is 11.7 Å². The lowest BCUT2D eigenvalue weighted by Crippen LogP contribution is -2.41. The molecule has 0 aliphatic carbocycles. The number of hydrogen-bond acceptors (Lipinski definition) is 5. The summed E-state index contributed by atoms with van der Waals surface area (Å²) in [6.45, 7) is 9.38. The van der Waals surface area contributed by atoms with Crippen molar-refractivity contribution in [3.05, 3.63) is 54.1 Å². The molecule has 0 aliphatic rings. The van der Waals surface area contributed by atoms with Gasteiger partial charge in [0, 0.05) is 11.6 Å². The third-order valence-electron chi connectivity index (χ3n) is 4.90. The molecule has 2 rings (SSSR count). The third kappa shape index (κ3) is 7.91. The molecule has 2 aromatic rings. The average Bonchev–Trinajstić information content (AvgIpc) is 2.73. The fourth-order valence-electron chi connectivity index (χ4n) is 3.46. The quantitative estimate of drug-likeness (QED) is 0.528. The summed E-state index contributed by atoms with van der Waals surface area (Å²) in [5.74, 6) is 0.200. The molecule has 0 bridgehead atoms. The zero-order valence-corrected chi connectivity index (χ0v) is 19.9. The Labute approximate surface area is 191 Å². The van der Waals surface area contributed by atoms with Crippen LogP contribution in [0.5, 0.6) is 5.75 Å². The van der Waals surface area contributed by atoms with Crippen molar-refractivity contribution in [3.8, 4) is 16.9 Å². The first-order chi connectivity index (χ1) is 15.1. The van der Waals surface area contributed by atoms with E-state index in [0.29, 0.717) is 19.4 Å². The Morgan fingerprint density at radius 3 is 2.28 bits per heavy atom. The highest BCUT2D eigenvalue weighted by Gasteiger charge is 2.24. The lowest BCUT2D eigenvalue weighted by atomic mass is 9.95. The van der Waals surface area contributed by atoms with Gasteiger partial charge in [0.05, 0.1) is 19.6 Å². The maximum atomic E-state index is 12.4. The number of rotatable bonds is 9. The number of alkyl carbamates (subject to hydrolysis) is 1. The Balaban J connectivity index is 2.16. The van der Waals surface area contributed by atoms with Crippen LogP contribution in [0, 0.1) is 5.92 Å². The molecule has 0 fully saturated rings. The van der Waals surface area contributed by atoms with Gasteiger partial charge in [-0.05, 0) is 57.7 Å². The Bertz CT molecular complexity index is 886. The Kier molecular flexibility index (Phi) is 9.12. The van der Waals surface area contributed by atoms with E-state index in [9.17, 15) is 9.59 Å². The fourth-order valence-corrected chi connectivity index (χ4v) is 3.46. The van der Waals surface area contributed by atoms with Crippen LogP contribution in [-0.4, -0.2) is 37.4 Å². The van der Waals surface area contributed by atoms with Gasteiger partial charge in [0.15, 0.2) is 0 Å². The zero-order chi connectivity index (χ0) is 23.7. The second kappa shape index (κ2) is 11.6. The molecule has 0 aromatic heterocycles. The van der Waals surface area contributed by atoms with Crippen molar-refractivity contribution in [3.63, 3.8) is 0 Å². The van der Waals surface area contributed by atoms with Crippen LogP contribution in [0.4, 0.5) is 4.79 Å². The van der Waals surface area contributed by atoms with Crippen LogP contribution in [0.2, 0.25) is 0 Å². The van der Waals surface area contributed by atoms with Gasteiger partial charge in [-0.1, -0.05) is 49.4 Å². The molecule has 1 N–H and O–H groups in total. The predicted octanol–water partition coefficient (Wildman–Crippen LogP) is 5.39. The third-order valence-corrected chi connectivity index (χ3v) is 4.90. The lowest BCUT2D eigenvalue weighted by Gasteiger charge is -2.25. The highest BCUT2D eigenvalue weighted by atomic mass is 16.6. The molecule has 0 aliphatic heterocycles. The number of para-hydroxylation sites is 1. The number of hydrogen-bond donors (Lipinski definition) is 1. The largest absolute Gasteiger partial charge is 0.496 e. The number of nitrogens with one attached hydrogen (secondary N) is 1. The molecular formula is C26H35NO5. The van der Waals surface area contributed by atoms with Crippen molar-refractivity contribution in [2.24, 2.45) is 5.92 Å². The second-order valence-electron chi connectivity index (χ2n) is 8.83. The van der Waals surface area contributed by atoms with E-state index in [-0.39, 0.29) is 17.9 Å². The van der Waals surface area contributed by atoms with Crippen LogP contribution in [0.25, 0.3) is 11.1 Å². The van der Waals surface area contributed by atoms with Crippen LogP contribution >= 0.6 is 0 Å². The van der Waals surface area contributed by atoms with Gasteiger partial charge in [-0.3, -0.25) is 4.79 Å². The maximum Gasteiger partial charge on any atom is 0.407 e. The van der Waals surface area contributed by atoms with Gasteiger partial charge in [-0.15, -0.1) is 0 Å². The van der Waals surface area contributed by atoms with E-state index in [0.717, 1.165) is 22.4 Å². The van der Waals surface area contributed by atoms with Crippen molar-refractivity contribution in [2.45, 2.75) is 59.1 Å². The molecule has 0 saturated carbocycles. The SMILES string of the molecule is CCOC(=O)C(C)CC(Cc1ccc(-c2ccccc2OC)cc1)NC(=O)OC(C)(C)C. The summed E-state index contributed by atoms with van der Waals surface area (Å²) >= 11 is 0. The van der Waals surface area contributed by atoms with Crippen molar-refractivity contribution < 1.29 is 23.8 Å². The highest BCUT2D eigenvalue weighted by molar-refractivity contribution is 5.73. The second-order valence-corrected chi connectivity index (χ2v) is 8.83. The van der Waals surface area contributed by atoms with Gasteiger partial charge < -0.3 is 19.5 Å². The van der Waals surface area contributed by atoms with Crippen molar-refractivity contribution in [1.29, 1.82) is 0 Å². The average molecular weight is 442 g/mol. The molecule has 174 valence electrons. The summed E-state index contributed by atoms with van der Waals surface area (Å²) < 4.78 is 16.0. The summed E-state index contributed by atoms with van der Waals surface area (Å²) in [5.41, 5.74) is 2.50. The maximum absolute atomic E-state index is 12.4. The molecule has 2 unspecified atom stereocenters. The number of amides is 1. The first-order valence-electron chi connectivity index (χ1n) is 11.0. The monoisotopic (exact) mass is 441 g/mol. The summed E-state index contributed by atoms with van der Waals surface area (Å²) in [6.07, 6.45) is 0.519. The molecule has 6 nitrogen and oxygen atoms in total. The molecular weight excluding hydrogens is 406 g/mol. The first-order valence-corrected chi connectivity index (χ1v) is 11.0. The summed E-state index contributed by atoms with van der Waals surface area (Å²) in [6, 6.07) is 15.7. The van der Waals surface area contributed by atoms with Crippen molar-refractivity contribution in [2.75, 3.05) is 13.7 Å².